The lowest BCUT2D eigenvalue weighted by Gasteiger charge is -2.20. The second-order valence-electron chi connectivity index (χ2n) is 7.58. The Hall–Kier alpha value is -1.56. The molecule has 134 valence electrons. The molecule has 0 radical (unpaired) electrons. The van der Waals surface area contributed by atoms with Gasteiger partial charge in [0.2, 0.25) is 0 Å². The van der Waals surface area contributed by atoms with Crippen LogP contribution in [0.15, 0.2) is 18.6 Å². The molecule has 0 N–H and O–H groups in total. The minimum Gasteiger partial charge on any atom is -0.297 e. The number of aromatic nitrogens is 3. The predicted molar refractivity (Wildman–Crippen MR) is 95.1 cm³/mol. The molecule has 25 heavy (non-hydrogen) atoms. The normalized spacial score (nSPS) is 19.4. The zero-order valence-corrected chi connectivity index (χ0v) is 15.2. The standard InChI is InChI=1S/C19H24FN3OS/c20-18-11-21-19(25-18)9-17(24)16(8-13-3-1-2-4-13)23-12-15(10-22-23)7-14-5-6-14/h10-14,16H,1-9H2. The second-order valence-corrected chi connectivity index (χ2v) is 8.64. The Kier molecular flexibility index (Phi) is 4.97. The zero-order chi connectivity index (χ0) is 17.2. The lowest BCUT2D eigenvalue weighted by atomic mass is 9.95. The van der Waals surface area contributed by atoms with Gasteiger partial charge < -0.3 is 0 Å². The van der Waals surface area contributed by atoms with Crippen LogP contribution in [0.5, 0.6) is 0 Å². The Bertz CT molecular complexity index is 731. The molecular weight excluding hydrogens is 337 g/mol. The number of nitrogens with zero attached hydrogens (tertiary/aromatic N) is 3. The number of Topliss-reactive ketones (excluding diaryl/α,β-unsaturated/α-hetero) is 1. The van der Waals surface area contributed by atoms with Crippen LogP contribution in [0.1, 0.15) is 61.6 Å². The minimum absolute atomic E-state index is 0.0994. The highest BCUT2D eigenvalue weighted by atomic mass is 32.1. The molecule has 2 aromatic heterocycles. The summed E-state index contributed by atoms with van der Waals surface area (Å²) in [5.41, 5.74) is 1.23. The minimum atomic E-state index is -0.332. The van der Waals surface area contributed by atoms with E-state index in [1.165, 1.54) is 50.3 Å². The molecule has 2 aliphatic carbocycles. The predicted octanol–water partition coefficient (Wildman–Crippen LogP) is 4.36. The highest BCUT2D eigenvalue weighted by Crippen LogP contribution is 2.34. The molecule has 2 heterocycles. The van der Waals surface area contributed by atoms with E-state index in [0.29, 0.717) is 10.9 Å². The number of ketones is 1. The first-order valence-corrected chi connectivity index (χ1v) is 10.1. The first kappa shape index (κ1) is 16.9. The van der Waals surface area contributed by atoms with Crippen molar-refractivity contribution in [2.24, 2.45) is 11.8 Å². The van der Waals surface area contributed by atoms with E-state index in [2.05, 4.69) is 16.3 Å². The molecule has 0 aromatic carbocycles. The van der Waals surface area contributed by atoms with E-state index in [-0.39, 0.29) is 23.4 Å². The number of thiazole rings is 1. The van der Waals surface area contributed by atoms with E-state index in [1.807, 2.05) is 10.9 Å². The molecule has 0 saturated heterocycles. The number of hydrogen-bond acceptors (Lipinski definition) is 4. The van der Waals surface area contributed by atoms with E-state index >= 15 is 0 Å². The van der Waals surface area contributed by atoms with Crippen molar-refractivity contribution in [3.05, 3.63) is 34.3 Å². The van der Waals surface area contributed by atoms with E-state index in [9.17, 15) is 9.18 Å². The molecular formula is C19H24FN3OS. The van der Waals surface area contributed by atoms with Gasteiger partial charge in [0.15, 0.2) is 10.9 Å². The maximum atomic E-state index is 13.2. The quantitative estimate of drug-likeness (QED) is 0.702. The van der Waals surface area contributed by atoms with Gasteiger partial charge in [-0.3, -0.25) is 9.48 Å². The van der Waals surface area contributed by atoms with Crippen LogP contribution < -0.4 is 0 Å². The van der Waals surface area contributed by atoms with Crippen molar-refractivity contribution in [1.82, 2.24) is 14.8 Å². The van der Waals surface area contributed by atoms with E-state index in [1.54, 1.807) is 0 Å². The van der Waals surface area contributed by atoms with Crippen LogP contribution >= 0.6 is 11.3 Å². The third kappa shape index (κ3) is 4.35. The monoisotopic (exact) mass is 361 g/mol. The molecule has 4 nitrogen and oxygen atoms in total. The summed E-state index contributed by atoms with van der Waals surface area (Å²) in [5.74, 6) is 1.50. The smallest absolute Gasteiger partial charge is 0.196 e. The van der Waals surface area contributed by atoms with Crippen LogP contribution in [0, 0.1) is 17.0 Å². The van der Waals surface area contributed by atoms with Gasteiger partial charge in [-0.25, -0.2) is 4.98 Å². The SMILES string of the molecule is O=C(Cc1ncc(F)s1)C(CC1CCCC1)n1cc(CC2CC2)cn1. The van der Waals surface area contributed by atoms with Gasteiger partial charge in [0.05, 0.1) is 18.8 Å². The summed E-state index contributed by atoms with van der Waals surface area (Å²) in [6.45, 7) is 0. The van der Waals surface area contributed by atoms with Gasteiger partial charge in [-0.2, -0.15) is 9.49 Å². The lowest BCUT2D eigenvalue weighted by molar-refractivity contribution is -0.122. The van der Waals surface area contributed by atoms with Gasteiger partial charge >= 0.3 is 0 Å². The maximum Gasteiger partial charge on any atom is 0.196 e. The van der Waals surface area contributed by atoms with Crippen molar-refractivity contribution in [2.45, 2.75) is 63.8 Å². The highest BCUT2D eigenvalue weighted by Gasteiger charge is 2.29. The first-order chi connectivity index (χ1) is 12.2. The molecule has 0 aliphatic heterocycles. The van der Waals surface area contributed by atoms with Crippen LogP contribution in [0.3, 0.4) is 0 Å². The Balaban J connectivity index is 1.49. The molecule has 1 unspecified atom stereocenters. The number of hydrogen-bond donors (Lipinski definition) is 0. The fourth-order valence-electron chi connectivity index (χ4n) is 3.89. The largest absolute Gasteiger partial charge is 0.297 e. The van der Waals surface area contributed by atoms with Gasteiger partial charge in [-0.15, -0.1) is 0 Å². The molecule has 2 saturated carbocycles. The van der Waals surface area contributed by atoms with Crippen LogP contribution in [0.25, 0.3) is 0 Å². The van der Waals surface area contributed by atoms with Crippen molar-refractivity contribution >= 4 is 17.1 Å². The summed E-state index contributed by atoms with van der Waals surface area (Å²) >= 11 is 0.965. The summed E-state index contributed by atoms with van der Waals surface area (Å²) in [5, 5.41) is 4.74. The van der Waals surface area contributed by atoms with Crippen molar-refractivity contribution in [3.63, 3.8) is 0 Å². The van der Waals surface area contributed by atoms with Gasteiger partial charge in [-0.05, 0) is 43.1 Å². The Labute approximate surface area is 151 Å². The summed E-state index contributed by atoms with van der Waals surface area (Å²) in [6, 6.07) is -0.247. The zero-order valence-electron chi connectivity index (χ0n) is 14.4. The molecule has 4 rings (SSSR count). The first-order valence-electron chi connectivity index (χ1n) is 9.33. The third-order valence-corrected chi connectivity index (χ3v) is 6.24. The van der Waals surface area contributed by atoms with E-state index < -0.39 is 0 Å². The van der Waals surface area contributed by atoms with Crippen LogP contribution in [-0.2, 0) is 17.6 Å². The third-order valence-electron chi connectivity index (χ3n) is 5.45. The number of carbonyl (C=O) groups is 1. The van der Waals surface area contributed by atoms with Crippen LogP contribution in [0.4, 0.5) is 4.39 Å². The Morgan fingerprint density at radius 3 is 2.72 bits per heavy atom. The van der Waals surface area contributed by atoms with Crippen molar-refractivity contribution in [2.75, 3.05) is 0 Å². The molecule has 2 aliphatic rings. The molecule has 0 bridgehead atoms. The topological polar surface area (TPSA) is 47.8 Å². The average molecular weight is 361 g/mol. The maximum absolute atomic E-state index is 13.2. The number of rotatable bonds is 8. The van der Waals surface area contributed by atoms with Gasteiger partial charge in [0, 0.05) is 6.20 Å². The fraction of sp³-hybridized carbons (Fsp3) is 0.632. The van der Waals surface area contributed by atoms with E-state index in [4.69, 9.17) is 0 Å². The van der Waals surface area contributed by atoms with E-state index in [0.717, 1.165) is 30.1 Å². The molecule has 0 amide bonds. The van der Waals surface area contributed by atoms with Gasteiger partial charge in [-0.1, -0.05) is 37.0 Å². The highest BCUT2D eigenvalue weighted by molar-refractivity contribution is 7.10. The lowest BCUT2D eigenvalue weighted by Crippen LogP contribution is -2.24. The molecule has 2 fully saturated rings. The number of halogens is 1. The molecule has 2 aromatic rings. The molecule has 0 spiro atoms. The Morgan fingerprint density at radius 1 is 1.24 bits per heavy atom. The van der Waals surface area contributed by atoms with Gasteiger partial charge in [0.25, 0.3) is 0 Å². The van der Waals surface area contributed by atoms with Crippen LogP contribution in [0.2, 0.25) is 0 Å². The summed E-state index contributed by atoms with van der Waals surface area (Å²) in [6.07, 6.45) is 14.8. The molecule has 6 heteroatoms. The van der Waals surface area contributed by atoms with Crippen molar-refractivity contribution < 1.29 is 9.18 Å². The average Bonchev–Trinajstić information content (AvgIpc) is 2.97. The fourth-order valence-corrected chi connectivity index (χ4v) is 4.54. The summed E-state index contributed by atoms with van der Waals surface area (Å²) < 4.78 is 15.1. The molecule has 1 atom stereocenters. The summed E-state index contributed by atoms with van der Waals surface area (Å²) in [7, 11) is 0. The second kappa shape index (κ2) is 7.36. The van der Waals surface area contributed by atoms with Crippen molar-refractivity contribution in [1.29, 1.82) is 0 Å². The van der Waals surface area contributed by atoms with Gasteiger partial charge in [0.1, 0.15) is 11.0 Å². The Morgan fingerprint density at radius 2 is 2.04 bits per heavy atom. The number of carbonyl (C=O) groups excluding carboxylic acids is 1. The van der Waals surface area contributed by atoms with Crippen LogP contribution in [-0.4, -0.2) is 20.5 Å². The van der Waals surface area contributed by atoms with Crippen molar-refractivity contribution in [3.8, 4) is 0 Å². The summed E-state index contributed by atoms with van der Waals surface area (Å²) in [4.78, 5) is 16.9.